The fourth-order valence-corrected chi connectivity index (χ4v) is 11.9. The van der Waals surface area contributed by atoms with Crippen molar-refractivity contribution in [3.8, 4) is 33.6 Å². The summed E-state index contributed by atoms with van der Waals surface area (Å²) in [6.45, 7) is 13.6. The van der Waals surface area contributed by atoms with Gasteiger partial charge in [-0.2, -0.15) is 0 Å². The highest BCUT2D eigenvalue weighted by Crippen LogP contribution is 2.37. The molecular formula is C42H54N8O6Si. The maximum Gasteiger partial charge on any atom is 0.407 e. The van der Waals surface area contributed by atoms with Gasteiger partial charge in [-0.05, 0) is 70.1 Å². The zero-order valence-electron chi connectivity index (χ0n) is 34.1. The molecule has 2 saturated heterocycles. The number of methoxy groups -OCH3 is 2. The maximum atomic E-state index is 13.7. The molecule has 302 valence electrons. The number of likely N-dealkylation sites (tertiary alicyclic amines) is 2. The number of hydrogen-bond acceptors (Lipinski definition) is 8. The molecule has 7 rings (SSSR count). The summed E-state index contributed by atoms with van der Waals surface area (Å²) in [7, 11) is 0.449. The minimum Gasteiger partial charge on any atom is -0.453 e. The summed E-state index contributed by atoms with van der Waals surface area (Å²) in [5.41, 5.74) is 6.36. The predicted molar refractivity (Wildman–Crippen MR) is 220 cm³/mol. The minimum absolute atomic E-state index is 0.108. The van der Waals surface area contributed by atoms with Crippen LogP contribution < -0.4 is 21.0 Å². The van der Waals surface area contributed by atoms with Crippen molar-refractivity contribution in [2.24, 2.45) is 11.8 Å². The lowest BCUT2D eigenvalue weighted by Gasteiger charge is -2.30. The normalized spacial score (nSPS) is 19.3. The molecule has 4 aromatic rings. The number of aromatic nitrogens is 4. The standard InChI is InChI=1S/C42H54N8O6Si/c1-23(2)35(47-41(53)55-5)39(51)49-17-9-11-31(49)37-43-21-29(45-37)25-13-15-27-28-16-14-26(20-34(28)57(7,8)33(27)19-25)30-22-44-38(46-30)32-12-10-18-50(32)40(52)36(24(3)4)48-42(54)56-6/h13-16,19-24,31-32,35-36H,9-12,17-18H2,1-8H3,(H,43,45)(H,44,46)(H,47,53)(H,48,54)/t31-,32-,35-,36-/m0/s1. The second kappa shape index (κ2) is 15.8. The van der Waals surface area contributed by atoms with Crippen LogP contribution in [0.3, 0.4) is 0 Å². The molecule has 57 heavy (non-hydrogen) atoms. The van der Waals surface area contributed by atoms with E-state index in [9.17, 15) is 19.2 Å². The van der Waals surface area contributed by atoms with Crippen molar-refractivity contribution < 1.29 is 28.7 Å². The van der Waals surface area contributed by atoms with Gasteiger partial charge in [-0.1, -0.05) is 77.2 Å². The van der Waals surface area contributed by atoms with Gasteiger partial charge in [0.1, 0.15) is 31.8 Å². The van der Waals surface area contributed by atoms with Crippen molar-refractivity contribution in [1.29, 1.82) is 0 Å². The third kappa shape index (κ3) is 7.44. The molecule has 2 aromatic heterocycles. The first-order chi connectivity index (χ1) is 27.2. The zero-order valence-corrected chi connectivity index (χ0v) is 35.1. The highest BCUT2D eigenvalue weighted by atomic mass is 28.3. The molecule has 4 amide bonds. The van der Waals surface area contributed by atoms with Gasteiger partial charge in [-0.3, -0.25) is 9.59 Å². The molecule has 0 spiro atoms. The molecule has 0 unspecified atom stereocenters. The van der Waals surface area contributed by atoms with E-state index in [-0.39, 0.29) is 35.7 Å². The number of fused-ring (bicyclic) bond motifs is 3. The Morgan fingerprint density at radius 2 is 1.11 bits per heavy atom. The number of ether oxygens (including phenoxy) is 2. The number of rotatable bonds is 10. The van der Waals surface area contributed by atoms with Gasteiger partial charge in [-0.15, -0.1) is 0 Å². The average molecular weight is 795 g/mol. The Morgan fingerprint density at radius 1 is 0.702 bits per heavy atom. The van der Waals surface area contributed by atoms with Crippen molar-refractivity contribution in [3.05, 3.63) is 60.4 Å². The number of benzene rings is 2. The van der Waals surface area contributed by atoms with Gasteiger partial charge in [0, 0.05) is 13.1 Å². The van der Waals surface area contributed by atoms with Gasteiger partial charge in [-0.25, -0.2) is 19.6 Å². The Bertz CT molecular complexity index is 2030. The molecule has 0 radical (unpaired) electrons. The van der Waals surface area contributed by atoms with Crippen LogP contribution in [0, 0.1) is 11.8 Å². The van der Waals surface area contributed by atoms with Crippen LogP contribution in [0.4, 0.5) is 9.59 Å². The summed E-state index contributed by atoms with van der Waals surface area (Å²) in [6.07, 6.45) is 5.73. The van der Waals surface area contributed by atoms with Crippen molar-refractivity contribution in [3.63, 3.8) is 0 Å². The number of carbonyl (C=O) groups is 4. The monoisotopic (exact) mass is 794 g/mol. The van der Waals surface area contributed by atoms with Crippen molar-refractivity contribution in [2.75, 3.05) is 27.3 Å². The third-order valence-corrected chi connectivity index (χ3v) is 15.5. The summed E-state index contributed by atoms with van der Waals surface area (Å²) in [4.78, 5) is 71.7. The van der Waals surface area contributed by atoms with E-state index in [1.165, 1.54) is 35.7 Å². The molecule has 15 heteroatoms. The summed E-state index contributed by atoms with van der Waals surface area (Å²) < 4.78 is 9.58. The van der Waals surface area contributed by atoms with Crippen molar-refractivity contribution in [2.45, 2.75) is 90.6 Å². The van der Waals surface area contributed by atoms with E-state index in [0.29, 0.717) is 13.1 Å². The summed E-state index contributed by atoms with van der Waals surface area (Å²) in [5.74, 6) is 0.993. The number of aromatic amines is 2. The van der Waals surface area contributed by atoms with Gasteiger partial charge in [0.2, 0.25) is 11.8 Å². The molecule has 0 saturated carbocycles. The topological polar surface area (TPSA) is 175 Å². The largest absolute Gasteiger partial charge is 0.453 e. The van der Waals surface area contributed by atoms with Gasteiger partial charge in [0.15, 0.2) is 0 Å². The second-order valence-corrected chi connectivity index (χ2v) is 20.9. The molecule has 5 heterocycles. The number of nitrogens with one attached hydrogen (secondary N) is 4. The van der Waals surface area contributed by atoms with Crippen molar-refractivity contribution >= 4 is 42.4 Å². The van der Waals surface area contributed by atoms with Gasteiger partial charge < -0.3 is 39.9 Å². The van der Waals surface area contributed by atoms with Crippen LogP contribution in [-0.2, 0) is 19.1 Å². The fourth-order valence-electron chi connectivity index (χ4n) is 8.76. The number of hydrogen-bond donors (Lipinski definition) is 4. The molecule has 14 nitrogen and oxygen atoms in total. The quantitative estimate of drug-likeness (QED) is 0.155. The fraction of sp³-hybridized carbons (Fsp3) is 0.476. The lowest BCUT2D eigenvalue weighted by molar-refractivity contribution is -0.136. The van der Waals surface area contributed by atoms with Crippen molar-refractivity contribution in [1.82, 2.24) is 40.4 Å². The Hall–Kier alpha value is -5.44. The van der Waals surface area contributed by atoms with Crippen LogP contribution in [0.15, 0.2) is 48.8 Å². The van der Waals surface area contributed by atoms with Crippen LogP contribution >= 0.6 is 0 Å². The SMILES string of the molecule is COC(=O)N[C@H](C(=O)N1CCC[C@H]1c1ncc(-c2ccc3c(c2)[Si](C)(C)c2cc(-c4cnc([C@@H]5CCCN5C(=O)[C@@H](NC(=O)OC)C(C)C)[nH]4)ccc2-3)[nH]1)C(C)C. The highest BCUT2D eigenvalue weighted by Gasteiger charge is 2.41. The predicted octanol–water partition coefficient (Wildman–Crippen LogP) is 5.36. The number of alkyl carbamates (subject to hydrolysis) is 2. The summed E-state index contributed by atoms with van der Waals surface area (Å²) in [5, 5.41) is 8.13. The van der Waals surface area contributed by atoms with Crippen LogP contribution in [0.25, 0.3) is 33.6 Å². The molecule has 3 aliphatic rings. The number of imidazole rings is 2. The van der Waals surface area contributed by atoms with Crippen LogP contribution in [0.1, 0.15) is 77.1 Å². The van der Waals surface area contributed by atoms with E-state index < -0.39 is 32.3 Å². The second-order valence-electron chi connectivity index (χ2n) is 16.6. The molecule has 4 atom stereocenters. The average Bonchev–Trinajstić information content (AvgIpc) is 4.05. The molecule has 2 aromatic carbocycles. The molecular weight excluding hydrogens is 741 g/mol. The first-order valence-corrected chi connectivity index (χ1v) is 22.9. The van der Waals surface area contributed by atoms with Gasteiger partial charge >= 0.3 is 12.2 Å². The number of nitrogens with zero attached hydrogens (tertiary/aromatic N) is 4. The van der Waals surface area contributed by atoms with E-state index in [4.69, 9.17) is 19.4 Å². The zero-order chi connectivity index (χ0) is 40.8. The molecule has 2 fully saturated rings. The Balaban J connectivity index is 1.09. The third-order valence-electron chi connectivity index (χ3n) is 12.0. The van der Waals surface area contributed by atoms with E-state index in [0.717, 1.165) is 59.8 Å². The number of carbonyl (C=O) groups excluding carboxylic acids is 4. The Labute approximate surface area is 334 Å². The smallest absolute Gasteiger partial charge is 0.407 e. The minimum atomic E-state index is -2.14. The lowest BCUT2D eigenvalue weighted by Crippen LogP contribution is -2.51. The molecule has 0 aliphatic carbocycles. The van der Waals surface area contributed by atoms with Crippen LogP contribution in [0.5, 0.6) is 0 Å². The summed E-state index contributed by atoms with van der Waals surface area (Å²) in [6, 6.07) is 11.5. The molecule has 3 aliphatic heterocycles. The number of amides is 4. The molecule has 0 bridgehead atoms. The van der Waals surface area contributed by atoms with Gasteiger partial charge in [0.25, 0.3) is 0 Å². The van der Waals surface area contributed by atoms with E-state index in [1.807, 2.05) is 49.9 Å². The van der Waals surface area contributed by atoms with E-state index in [1.54, 1.807) is 0 Å². The van der Waals surface area contributed by atoms with Gasteiger partial charge in [0.05, 0.1) is 50.1 Å². The first kappa shape index (κ1) is 39.8. The van der Waals surface area contributed by atoms with Crippen LogP contribution in [-0.4, -0.2) is 101 Å². The lowest BCUT2D eigenvalue weighted by atomic mass is 10.0. The maximum absolute atomic E-state index is 13.7. The Kier molecular flexibility index (Phi) is 11.0. The molecule has 4 N–H and O–H groups in total. The first-order valence-electron chi connectivity index (χ1n) is 19.9. The number of H-pyrrole nitrogens is 2. The van der Waals surface area contributed by atoms with E-state index >= 15 is 0 Å². The Morgan fingerprint density at radius 3 is 1.47 bits per heavy atom. The van der Waals surface area contributed by atoms with Crippen LogP contribution in [0.2, 0.25) is 13.1 Å². The highest BCUT2D eigenvalue weighted by molar-refractivity contribution is 7.03. The van der Waals surface area contributed by atoms with E-state index in [2.05, 4.69) is 70.1 Å². The summed E-state index contributed by atoms with van der Waals surface area (Å²) >= 11 is 0.